The molecule has 0 aliphatic rings. The van der Waals surface area contributed by atoms with E-state index in [9.17, 15) is 9.59 Å². The van der Waals surface area contributed by atoms with Gasteiger partial charge in [0.2, 0.25) is 0 Å². The predicted octanol–water partition coefficient (Wildman–Crippen LogP) is 3.68. The lowest BCUT2D eigenvalue weighted by Crippen LogP contribution is -2.20. The summed E-state index contributed by atoms with van der Waals surface area (Å²) in [6.45, 7) is 5.84. The highest BCUT2D eigenvalue weighted by Gasteiger charge is 2.12. The second-order valence-corrected chi connectivity index (χ2v) is 6.52. The lowest BCUT2D eigenvalue weighted by molar-refractivity contribution is -0.118. The molecule has 2 aromatic carbocycles. The summed E-state index contributed by atoms with van der Waals surface area (Å²) in [4.78, 5) is 24.0. The second-order valence-electron chi connectivity index (χ2n) is 6.52. The van der Waals surface area contributed by atoms with Crippen LogP contribution in [0.3, 0.4) is 0 Å². The fraction of sp³-hybridized carbons (Fsp3) is 0.227. The van der Waals surface area contributed by atoms with Gasteiger partial charge < -0.3 is 14.8 Å². The summed E-state index contributed by atoms with van der Waals surface area (Å²) in [5.74, 6) is -0.0491. The van der Waals surface area contributed by atoms with Gasteiger partial charge in [-0.1, -0.05) is 18.2 Å². The van der Waals surface area contributed by atoms with Crippen molar-refractivity contribution in [2.75, 3.05) is 18.5 Å². The maximum atomic E-state index is 12.3. The second kappa shape index (κ2) is 9.05. The highest BCUT2D eigenvalue weighted by Crippen LogP contribution is 2.19. The summed E-state index contributed by atoms with van der Waals surface area (Å²) in [6, 6.07) is 14.6. The first kappa shape index (κ1) is 20.1. The molecule has 0 spiro atoms. The van der Waals surface area contributed by atoms with Gasteiger partial charge in [-0.2, -0.15) is 5.10 Å². The summed E-state index contributed by atoms with van der Waals surface area (Å²) in [7, 11) is 0. The van der Waals surface area contributed by atoms with E-state index >= 15 is 0 Å². The van der Waals surface area contributed by atoms with Gasteiger partial charge in [0.1, 0.15) is 5.75 Å². The topological polar surface area (TPSA) is 82.5 Å². The predicted molar refractivity (Wildman–Crippen MR) is 110 cm³/mol. The first-order valence-electron chi connectivity index (χ1n) is 9.29. The number of carbonyl (C=O) groups is 2. The monoisotopic (exact) mass is 393 g/mol. The Morgan fingerprint density at radius 3 is 2.72 bits per heavy atom. The first-order valence-corrected chi connectivity index (χ1v) is 9.29. The number of hydrogen-bond acceptors (Lipinski definition) is 5. The van der Waals surface area contributed by atoms with Gasteiger partial charge in [0.25, 0.3) is 5.91 Å². The Kier molecular flexibility index (Phi) is 6.29. The SMILES string of the molecule is CCOC(=O)c1ccn(-c2cccc(NC(=O)COc3cc(C)ccc3C)c2)n1. The molecule has 1 aromatic heterocycles. The number of rotatable bonds is 7. The van der Waals surface area contributed by atoms with Gasteiger partial charge >= 0.3 is 5.97 Å². The number of aromatic nitrogens is 2. The standard InChI is InChI=1S/C22H23N3O4/c1-4-28-22(27)19-10-11-25(24-19)18-7-5-6-17(13-18)23-21(26)14-29-20-12-15(2)8-9-16(20)3/h5-13H,4,14H2,1-3H3,(H,23,26). The third-order valence-electron chi connectivity index (χ3n) is 4.17. The Balaban J connectivity index is 1.64. The number of nitrogens with one attached hydrogen (secondary N) is 1. The molecule has 0 radical (unpaired) electrons. The molecule has 0 aliphatic heterocycles. The number of ether oxygens (including phenoxy) is 2. The maximum Gasteiger partial charge on any atom is 0.358 e. The molecule has 1 N–H and O–H groups in total. The zero-order chi connectivity index (χ0) is 20.8. The Morgan fingerprint density at radius 2 is 1.93 bits per heavy atom. The van der Waals surface area contributed by atoms with E-state index in [1.54, 1.807) is 42.1 Å². The molecule has 0 atom stereocenters. The number of esters is 1. The largest absolute Gasteiger partial charge is 0.483 e. The highest BCUT2D eigenvalue weighted by molar-refractivity contribution is 5.92. The lowest BCUT2D eigenvalue weighted by atomic mass is 10.1. The van der Waals surface area contributed by atoms with Gasteiger partial charge in [-0.25, -0.2) is 9.48 Å². The molecule has 3 rings (SSSR count). The zero-order valence-corrected chi connectivity index (χ0v) is 16.6. The van der Waals surface area contributed by atoms with Crippen LogP contribution < -0.4 is 10.1 Å². The van der Waals surface area contributed by atoms with Gasteiger partial charge in [0, 0.05) is 11.9 Å². The van der Waals surface area contributed by atoms with Crippen molar-refractivity contribution in [2.45, 2.75) is 20.8 Å². The van der Waals surface area contributed by atoms with Gasteiger partial charge in [-0.05, 0) is 62.2 Å². The van der Waals surface area contributed by atoms with E-state index in [0.717, 1.165) is 11.1 Å². The minimum Gasteiger partial charge on any atom is -0.483 e. The smallest absolute Gasteiger partial charge is 0.358 e. The van der Waals surface area contributed by atoms with Crippen molar-refractivity contribution in [1.82, 2.24) is 9.78 Å². The fourth-order valence-electron chi connectivity index (χ4n) is 2.71. The van der Waals surface area contributed by atoms with E-state index < -0.39 is 5.97 Å². The highest BCUT2D eigenvalue weighted by atomic mass is 16.5. The molecular weight excluding hydrogens is 370 g/mol. The van der Waals surface area contributed by atoms with Crippen LogP contribution in [0.25, 0.3) is 5.69 Å². The van der Waals surface area contributed by atoms with Crippen molar-refractivity contribution in [2.24, 2.45) is 0 Å². The molecular formula is C22H23N3O4. The minimum atomic E-state index is -0.473. The Hall–Kier alpha value is -3.61. The molecule has 150 valence electrons. The van der Waals surface area contributed by atoms with Gasteiger partial charge in [-0.15, -0.1) is 0 Å². The Bertz CT molecular complexity index is 1030. The van der Waals surface area contributed by atoms with E-state index in [0.29, 0.717) is 17.1 Å². The van der Waals surface area contributed by atoms with E-state index in [1.807, 2.05) is 38.1 Å². The lowest BCUT2D eigenvalue weighted by Gasteiger charge is -2.11. The summed E-state index contributed by atoms with van der Waals surface area (Å²) in [5.41, 5.74) is 3.57. The molecule has 0 fully saturated rings. The molecule has 1 heterocycles. The van der Waals surface area contributed by atoms with E-state index in [1.165, 1.54) is 0 Å². The summed E-state index contributed by atoms with van der Waals surface area (Å²) >= 11 is 0. The third kappa shape index (κ3) is 5.22. The van der Waals surface area contributed by atoms with E-state index in [4.69, 9.17) is 9.47 Å². The molecule has 7 heteroatoms. The number of hydrogen-bond donors (Lipinski definition) is 1. The molecule has 0 unspecified atom stereocenters. The Morgan fingerprint density at radius 1 is 1.10 bits per heavy atom. The van der Waals surface area contributed by atoms with Crippen molar-refractivity contribution in [3.63, 3.8) is 0 Å². The summed E-state index contributed by atoms with van der Waals surface area (Å²) < 4.78 is 12.1. The molecule has 3 aromatic rings. The number of amides is 1. The molecule has 0 saturated carbocycles. The fourth-order valence-corrected chi connectivity index (χ4v) is 2.71. The van der Waals surface area contributed by atoms with Crippen LogP contribution in [0.2, 0.25) is 0 Å². The van der Waals surface area contributed by atoms with Gasteiger partial charge in [0.05, 0.1) is 12.3 Å². The van der Waals surface area contributed by atoms with Gasteiger partial charge in [-0.3, -0.25) is 4.79 Å². The minimum absolute atomic E-state index is 0.0940. The first-order chi connectivity index (χ1) is 14.0. The average molecular weight is 393 g/mol. The van der Waals surface area contributed by atoms with E-state index in [-0.39, 0.29) is 24.8 Å². The van der Waals surface area contributed by atoms with Crippen molar-refractivity contribution in [3.05, 3.63) is 71.5 Å². The van der Waals surface area contributed by atoms with Crippen molar-refractivity contribution in [3.8, 4) is 11.4 Å². The number of aryl methyl sites for hydroxylation is 2. The van der Waals surface area contributed by atoms with Crippen LogP contribution in [0.4, 0.5) is 5.69 Å². The molecule has 7 nitrogen and oxygen atoms in total. The van der Waals surface area contributed by atoms with Crippen LogP contribution in [0.1, 0.15) is 28.5 Å². The zero-order valence-electron chi connectivity index (χ0n) is 16.6. The number of nitrogens with zero attached hydrogens (tertiary/aromatic N) is 2. The quantitative estimate of drug-likeness (QED) is 0.619. The molecule has 29 heavy (non-hydrogen) atoms. The molecule has 1 amide bonds. The number of carbonyl (C=O) groups excluding carboxylic acids is 2. The van der Waals surface area contributed by atoms with Crippen molar-refractivity contribution >= 4 is 17.6 Å². The van der Waals surface area contributed by atoms with Crippen LogP contribution in [0, 0.1) is 13.8 Å². The molecule has 0 saturated heterocycles. The van der Waals surface area contributed by atoms with E-state index in [2.05, 4.69) is 10.4 Å². The number of anilines is 1. The van der Waals surface area contributed by atoms with Crippen LogP contribution >= 0.6 is 0 Å². The normalized spacial score (nSPS) is 10.4. The van der Waals surface area contributed by atoms with Crippen LogP contribution in [0.5, 0.6) is 5.75 Å². The Labute approximate surface area is 169 Å². The van der Waals surface area contributed by atoms with Crippen LogP contribution in [-0.2, 0) is 9.53 Å². The van der Waals surface area contributed by atoms with Crippen molar-refractivity contribution in [1.29, 1.82) is 0 Å². The van der Waals surface area contributed by atoms with Crippen molar-refractivity contribution < 1.29 is 19.1 Å². The van der Waals surface area contributed by atoms with Crippen LogP contribution in [0.15, 0.2) is 54.7 Å². The van der Waals surface area contributed by atoms with Crippen LogP contribution in [-0.4, -0.2) is 34.9 Å². The summed E-state index contributed by atoms with van der Waals surface area (Å²) in [5, 5.41) is 7.03. The maximum absolute atomic E-state index is 12.3. The molecule has 0 aliphatic carbocycles. The summed E-state index contributed by atoms with van der Waals surface area (Å²) in [6.07, 6.45) is 1.66. The molecule has 0 bridgehead atoms. The van der Waals surface area contributed by atoms with Gasteiger partial charge in [0.15, 0.2) is 12.3 Å². The number of benzene rings is 2. The third-order valence-corrected chi connectivity index (χ3v) is 4.17. The average Bonchev–Trinajstić information content (AvgIpc) is 3.19.